The van der Waals surface area contributed by atoms with Crippen molar-refractivity contribution in [3.63, 3.8) is 0 Å². The molecule has 8 heteroatoms. The van der Waals surface area contributed by atoms with Gasteiger partial charge in [-0.25, -0.2) is 4.79 Å². The number of nitrogens with one attached hydrogen (secondary N) is 1. The van der Waals surface area contributed by atoms with E-state index in [1.54, 1.807) is 38.2 Å². The first-order valence-corrected chi connectivity index (χ1v) is 8.39. The molecule has 2 aromatic rings. The van der Waals surface area contributed by atoms with Crippen molar-refractivity contribution < 1.29 is 28.6 Å². The van der Waals surface area contributed by atoms with Crippen molar-refractivity contribution in [2.45, 2.75) is 20.4 Å². The minimum Gasteiger partial charge on any atom is -0.494 e. The van der Waals surface area contributed by atoms with Gasteiger partial charge in [0.2, 0.25) is 5.91 Å². The van der Waals surface area contributed by atoms with Gasteiger partial charge in [-0.05, 0) is 44.2 Å². The molecule has 144 valence electrons. The molecule has 1 heterocycles. The topological polar surface area (TPSA) is 109 Å². The molecule has 27 heavy (non-hydrogen) atoms. The predicted octanol–water partition coefficient (Wildman–Crippen LogP) is 2.07. The van der Waals surface area contributed by atoms with Crippen LogP contribution in [0.2, 0.25) is 0 Å². The van der Waals surface area contributed by atoms with Crippen LogP contribution in [-0.4, -0.2) is 48.0 Å². The molecule has 2 N–H and O–H groups in total. The minimum atomic E-state index is -1.08. The lowest BCUT2D eigenvalue weighted by atomic mass is 10.2. The number of hydrogen-bond donors (Lipinski definition) is 2. The lowest BCUT2D eigenvalue weighted by Crippen LogP contribution is -2.37. The number of carbonyl (C=O) groups is 3. The number of aromatic carboxylic acids is 1. The van der Waals surface area contributed by atoms with Crippen LogP contribution in [-0.2, 0) is 11.3 Å². The molecule has 0 atom stereocenters. The van der Waals surface area contributed by atoms with Gasteiger partial charge in [-0.15, -0.1) is 0 Å². The van der Waals surface area contributed by atoms with Crippen LogP contribution in [0.25, 0.3) is 0 Å². The number of carboxylic acids is 1. The summed E-state index contributed by atoms with van der Waals surface area (Å²) < 4.78 is 10.7. The Bertz CT molecular complexity index is 825. The fourth-order valence-corrected chi connectivity index (χ4v) is 2.42. The maximum Gasteiger partial charge on any atom is 0.339 e. The van der Waals surface area contributed by atoms with E-state index < -0.39 is 5.97 Å². The Labute approximate surface area is 156 Å². The molecule has 2 rings (SSSR count). The van der Waals surface area contributed by atoms with Crippen LogP contribution in [0.3, 0.4) is 0 Å². The van der Waals surface area contributed by atoms with Crippen molar-refractivity contribution in [2.75, 3.05) is 20.2 Å². The normalized spacial score (nSPS) is 10.3. The van der Waals surface area contributed by atoms with E-state index in [0.717, 1.165) is 0 Å². The quantitative estimate of drug-likeness (QED) is 0.732. The highest BCUT2D eigenvalue weighted by atomic mass is 16.5. The summed E-state index contributed by atoms with van der Waals surface area (Å²) in [7, 11) is 1.55. The summed E-state index contributed by atoms with van der Waals surface area (Å²) in [4.78, 5) is 36.7. The van der Waals surface area contributed by atoms with Crippen molar-refractivity contribution in [1.29, 1.82) is 0 Å². The predicted molar refractivity (Wildman–Crippen MR) is 96.8 cm³/mol. The number of rotatable bonds is 8. The Morgan fingerprint density at radius 2 is 1.89 bits per heavy atom. The zero-order valence-corrected chi connectivity index (χ0v) is 15.4. The summed E-state index contributed by atoms with van der Waals surface area (Å²) in [5.74, 6) is -0.485. The number of ether oxygens (including phenoxy) is 1. The first kappa shape index (κ1) is 20.0. The van der Waals surface area contributed by atoms with E-state index in [4.69, 9.17) is 14.3 Å². The summed E-state index contributed by atoms with van der Waals surface area (Å²) in [5.41, 5.74) is 0.483. The number of carbonyl (C=O) groups excluding carboxylic acids is 2. The van der Waals surface area contributed by atoms with Crippen LogP contribution in [0.15, 0.2) is 34.7 Å². The van der Waals surface area contributed by atoms with Gasteiger partial charge in [-0.2, -0.15) is 0 Å². The highest BCUT2D eigenvalue weighted by Gasteiger charge is 2.17. The maximum atomic E-state index is 12.2. The van der Waals surface area contributed by atoms with Gasteiger partial charge in [0.05, 0.1) is 19.7 Å². The Balaban J connectivity index is 1.87. The largest absolute Gasteiger partial charge is 0.494 e. The summed E-state index contributed by atoms with van der Waals surface area (Å²) in [6.45, 7) is 3.87. The van der Waals surface area contributed by atoms with Gasteiger partial charge < -0.3 is 24.5 Å². The van der Waals surface area contributed by atoms with E-state index in [1.165, 1.54) is 11.0 Å². The van der Waals surface area contributed by atoms with E-state index in [1.807, 2.05) is 6.92 Å². The number of hydrogen-bond acceptors (Lipinski definition) is 5. The van der Waals surface area contributed by atoms with Gasteiger partial charge in [-0.3, -0.25) is 9.59 Å². The zero-order chi connectivity index (χ0) is 20.0. The molecule has 0 aliphatic heterocycles. The van der Waals surface area contributed by atoms with Crippen molar-refractivity contribution in [3.8, 4) is 5.75 Å². The molecule has 0 radical (unpaired) electrons. The SMILES string of the molecule is CCOc1ccc(C(=O)NCC(=O)N(C)Cc2cc(C(=O)O)c(C)o2)cc1. The third-order valence-electron chi connectivity index (χ3n) is 3.85. The van der Waals surface area contributed by atoms with Gasteiger partial charge in [0.15, 0.2) is 0 Å². The average Bonchev–Trinajstić information content (AvgIpc) is 3.00. The van der Waals surface area contributed by atoms with E-state index >= 15 is 0 Å². The minimum absolute atomic E-state index is 0.0645. The standard InChI is InChI=1S/C19H22N2O6/c1-4-26-14-7-5-13(6-8-14)18(23)20-10-17(22)21(3)11-15-9-16(19(24)25)12(2)27-15/h5-9H,4,10-11H2,1-3H3,(H,20,23)(H,24,25). The second kappa shape index (κ2) is 8.88. The lowest BCUT2D eigenvalue weighted by Gasteiger charge is -2.16. The van der Waals surface area contributed by atoms with E-state index in [-0.39, 0.29) is 36.2 Å². The molecule has 0 spiro atoms. The van der Waals surface area contributed by atoms with Gasteiger partial charge in [-0.1, -0.05) is 0 Å². The number of nitrogens with zero attached hydrogens (tertiary/aromatic N) is 1. The Hall–Kier alpha value is -3.29. The molecule has 1 aromatic carbocycles. The number of furan rings is 1. The molecule has 0 aliphatic carbocycles. The third kappa shape index (κ3) is 5.34. The maximum absolute atomic E-state index is 12.2. The Kier molecular flexibility index (Phi) is 6.59. The van der Waals surface area contributed by atoms with Crippen molar-refractivity contribution in [1.82, 2.24) is 10.2 Å². The second-order valence-electron chi connectivity index (χ2n) is 5.88. The first-order chi connectivity index (χ1) is 12.8. The molecule has 0 saturated heterocycles. The molecular weight excluding hydrogens is 352 g/mol. The third-order valence-corrected chi connectivity index (χ3v) is 3.85. The zero-order valence-electron chi connectivity index (χ0n) is 15.4. The number of benzene rings is 1. The Morgan fingerprint density at radius 3 is 2.44 bits per heavy atom. The Morgan fingerprint density at radius 1 is 1.22 bits per heavy atom. The first-order valence-electron chi connectivity index (χ1n) is 8.39. The van der Waals surface area contributed by atoms with Crippen LogP contribution in [0.4, 0.5) is 0 Å². The van der Waals surface area contributed by atoms with Gasteiger partial charge in [0.25, 0.3) is 5.91 Å². The number of carboxylic acid groups (broad SMARTS) is 1. The molecule has 0 aliphatic rings. The molecule has 8 nitrogen and oxygen atoms in total. The number of amides is 2. The molecule has 0 unspecified atom stereocenters. The van der Waals surface area contributed by atoms with Crippen molar-refractivity contribution in [3.05, 3.63) is 53.0 Å². The van der Waals surface area contributed by atoms with E-state index in [0.29, 0.717) is 23.7 Å². The lowest BCUT2D eigenvalue weighted by molar-refractivity contribution is -0.129. The smallest absolute Gasteiger partial charge is 0.339 e. The monoisotopic (exact) mass is 374 g/mol. The summed E-state index contributed by atoms with van der Waals surface area (Å²) in [6, 6.07) is 8.00. The summed E-state index contributed by atoms with van der Waals surface area (Å²) >= 11 is 0. The van der Waals surface area contributed by atoms with Gasteiger partial charge in [0.1, 0.15) is 22.8 Å². The molecule has 2 amide bonds. The molecule has 0 saturated carbocycles. The fraction of sp³-hybridized carbons (Fsp3) is 0.316. The average molecular weight is 374 g/mol. The molecule has 0 fully saturated rings. The fourth-order valence-electron chi connectivity index (χ4n) is 2.42. The van der Waals surface area contributed by atoms with Crippen LogP contribution in [0.1, 0.15) is 39.2 Å². The van der Waals surface area contributed by atoms with Crippen molar-refractivity contribution >= 4 is 17.8 Å². The van der Waals surface area contributed by atoms with Crippen LogP contribution in [0, 0.1) is 6.92 Å². The van der Waals surface area contributed by atoms with Gasteiger partial charge >= 0.3 is 5.97 Å². The number of likely N-dealkylation sites (N-methyl/N-ethyl adjacent to an activating group) is 1. The second-order valence-corrected chi connectivity index (χ2v) is 5.88. The van der Waals surface area contributed by atoms with Crippen LogP contribution >= 0.6 is 0 Å². The molecule has 1 aromatic heterocycles. The molecular formula is C19H22N2O6. The summed E-state index contributed by atoms with van der Waals surface area (Å²) in [6.07, 6.45) is 0. The van der Waals surface area contributed by atoms with E-state index in [2.05, 4.69) is 5.32 Å². The number of aryl methyl sites for hydroxylation is 1. The van der Waals surface area contributed by atoms with E-state index in [9.17, 15) is 14.4 Å². The summed E-state index contributed by atoms with van der Waals surface area (Å²) in [5, 5.41) is 11.6. The highest BCUT2D eigenvalue weighted by molar-refractivity contribution is 5.96. The molecule has 0 bridgehead atoms. The van der Waals surface area contributed by atoms with Crippen LogP contribution < -0.4 is 10.1 Å². The highest BCUT2D eigenvalue weighted by Crippen LogP contribution is 2.16. The van der Waals surface area contributed by atoms with Crippen LogP contribution in [0.5, 0.6) is 5.75 Å². The van der Waals surface area contributed by atoms with Gasteiger partial charge in [0, 0.05) is 12.6 Å². The van der Waals surface area contributed by atoms with Crippen molar-refractivity contribution in [2.24, 2.45) is 0 Å².